The highest BCUT2D eigenvalue weighted by Gasteiger charge is 2.15. The predicted octanol–water partition coefficient (Wildman–Crippen LogP) is 5.43. The zero-order valence-corrected chi connectivity index (χ0v) is 17.5. The molecule has 0 N–H and O–H groups in total. The second kappa shape index (κ2) is 9.96. The van der Waals surface area contributed by atoms with Gasteiger partial charge in [0.15, 0.2) is 0 Å². The van der Waals surface area contributed by atoms with Gasteiger partial charge in [-0.3, -0.25) is 0 Å². The minimum atomic E-state index is -0.465. The maximum Gasteiger partial charge on any atom is 0.344 e. The van der Waals surface area contributed by atoms with Gasteiger partial charge in [0.05, 0.1) is 17.8 Å². The van der Waals surface area contributed by atoms with E-state index in [9.17, 15) is 4.79 Å². The van der Waals surface area contributed by atoms with E-state index in [1.54, 1.807) is 35.0 Å². The molecule has 0 fully saturated rings. The van der Waals surface area contributed by atoms with Crippen LogP contribution in [0.2, 0.25) is 5.02 Å². The Morgan fingerprint density at radius 3 is 2.29 bits per heavy atom. The molecule has 0 radical (unpaired) electrons. The fraction of sp³-hybridized carbons (Fsp3) is 0.120. The molecular formula is C25H21ClN2O3. The summed E-state index contributed by atoms with van der Waals surface area (Å²) in [5.74, 6) is 0.689. The van der Waals surface area contributed by atoms with Gasteiger partial charge in [-0.25, -0.2) is 9.48 Å². The predicted molar refractivity (Wildman–Crippen MR) is 120 cm³/mol. The fourth-order valence-electron chi connectivity index (χ4n) is 3.09. The molecule has 0 saturated carbocycles. The van der Waals surface area contributed by atoms with Gasteiger partial charge in [0, 0.05) is 17.5 Å². The van der Waals surface area contributed by atoms with Crippen LogP contribution in [0, 0.1) is 0 Å². The number of esters is 1. The van der Waals surface area contributed by atoms with Gasteiger partial charge in [0.25, 0.3) is 0 Å². The smallest absolute Gasteiger partial charge is 0.344 e. The van der Waals surface area contributed by atoms with Crippen LogP contribution in [0.3, 0.4) is 0 Å². The highest BCUT2D eigenvalue weighted by Crippen LogP contribution is 2.19. The third-order valence-electron chi connectivity index (χ3n) is 4.61. The molecule has 156 valence electrons. The highest BCUT2D eigenvalue weighted by atomic mass is 35.5. The first-order chi connectivity index (χ1) is 15.2. The third-order valence-corrected chi connectivity index (χ3v) is 4.87. The number of halogens is 1. The zero-order valence-electron chi connectivity index (χ0n) is 16.8. The molecule has 4 rings (SSSR count). The average molecular weight is 433 g/mol. The monoisotopic (exact) mass is 432 g/mol. The molecule has 1 heterocycles. The number of carbonyl (C=O) groups excluding carboxylic acids is 1. The summed E-state index contributed by atoms with van der Waals surface area (Å²) in [5, 5.41) is 5.20. The lowest BCUT2D eigenvalue weighted by molar-refractivity contribution is 0.0716. The number of hydrogen-bond acceptors (Lipinski definition) is 4. The van der Waals surface area contributed by atoms with E-state index in [0.29, 0.717) is 36.0 Å². The summed E-state index contributed by atoms with van der Waals surface area (Å²) in [5.41, 5.74) is 2.36. The van der Waals surface area contributed by atoms with E-state index in [4.69, 9.17) is 21.1 Å². The van der Waals surface area contributed by atoms with Crippen molar-refractivity contribution in [2.75, 3.05) is 6.61 Å². The molecule has 0 aliphatic heterocycles. The molecule has 31 heavy (non-hydrogen) atoms. The van der Waals surface area contributed by atoms with Crippen molar-refractivity contribution in [3.8, 4) is 11.6 Å². The van der Waals surface area contributed by atoms with Gasteiger partial charge in [0.1, 0.15) is 12.4 Å². The molecule has 0 aliphatic carbocycles. The standard InChI is InChI=1S/C25H21ClN2O3/c26-21-13-11-20(12-14-21)25(29)31-24-18-22(17-19-7-3-1-4-8-19)27-28(24)15-16-30-23-9-5-2-6-10-23/h1-14,18H,15-17H2. The zero-order chi connectivity index (χ0) is 21.5. The number of nitrogens with zero attached hydrogens (tertiary/aromatic N) is 2. The summed E-state index contributed by atoms with van der Waals surface area (Å²) in [4.78, 5) is 12.6. The Kier molecular flexibility index (Phi) is 6.65. The van der Waals surface area contributed by atoms with Gasteiger partial charge >= 0.3 is 5.97 Å². The second-order valence-electron chi connectivity index (χ2n) is 6.92. The minimum Gasteiger partial charge on any atom is -0.492 e. The summed E-state index contributed by atoms with van der Waals surface area (Å²) < 4.78 is 13.1. The number of rotatable bonds is 8. The Morgan fingerprint density at radius 1 is 0.903 bits per heavy atom. The molecule has 3 aromatic carbocycles. The normalized spacial score (nSPS) is 10.6. The van der Waals surface area contributed by atoms with E-state index in [2.05, 4.69) is 5.10 Å². The van der Waals surface area contributed by atoms with Crippen molar-refractivity contribution >= 4 is 17.6 Å². The quantitative estimate of drug-likeness (QED) is 0.348. The van der Waals surface area contributed by atoms with Crippen molar-refractivity contribution in [1.29, 1.82) is 0 Å². The van der Waals surface area contributed by atoms with Gasteiger partial charge in [-0.05, 0) is 42.0 Å². The molecule has 4 aromatic rings. The Balaban J connectivity index is 1.50. The van der Waals surface area contributed by atoms with Crippen molar-refractivity contribution in [1.82, 2.24) is 9.78 Å². The third kappa shape index (κ3) is 5.74. The first-order valence-corrected chi connectivity index (χ1v) is 10.3. The maximum atomic E-state index is 12.6. The van der Waals surface area contributed by atoms with Crippen LogP contribution in [-0.2, 0) is 13.0 Å². The van der Waals surface area contributed by atoms with Crippen molar-refractivity contribution in [3.63, 3.8) is 0 Å². The largest absolute Gasteiger partial charge is 0.492 e. The first kappa shape index (κ1) is 20.7. The SMILES string of the molecule is O=C(Oc1cc(Cc2ccccc2)nn1CCOc1ccccc1)c1ccc(Cl)cc1. The van der Waals surface area contributed by atoms with Gasteiger partial charge < -0.3 is 9.47 Å². The van der Waals surface area contributed by atoms with E-state index >= 15 is 0 Å². The van der Waals surface area contributed by atoms with Crippen LogP contribution in [0.25, 0.3) is 0 Å². The summed E-state index contributed by atoms with van der Waals surface area (Å²) in [6.07, 6.45) is 0.638. The number of hydrogen-bond donors (Lipinski definition) is 0. The van der Waals surface area contributed by atoms with Crippen LogP contribution >= 0.6 is 11.6 Å². The lowest BCUT2D eigenvalue weighted by Crippen LogP contribution is -2.15. The van der Waals surface area contributed by atoms with Crippen LogP contribution in [0.4, 0.5) is 0 Å². The van der Waals surface area contributed by atoms with Crippen LogP contribution in [0.15, 0.2) is 91.0 Å². The Bertz CT molecular complexity index is 1130. The Hall–Kier alpha value is -3.57. The summed E-state index contributed by atoms with van der Waals surface area (Å²) in [6.45, 7) is 0.828. The number of para-hydroxylation sites is 1. The van der Waals surface area contributed by atoms with E-state index in [0.717, 1.165) is 17.0 Å². The number of carbonyl (C=O) groups is 1. The second-order valence-corrected chi connectivity index (χ2v) is 7.35. The van der Waals surface area contributed by atoms with Crippen LogP contribution in [-0.4, -0.2) is 22.4 Å². The minimum absolute atomic E-state index is 0.377. The van der Waals surface area contributed by atoms with E-state index in [1.165, 1.54) is 0 Å². The van der Waals surface area contributed by atoms with Crippen molar-refractivity contribution in [2.45, 2.75) is 13.0 Å². The summed E-state index contributed by atoms with van der Waals surface area (Å²) in [7, 11) is 0. The Morgan fingerprint density at radius 2 is 1.58 bits per heavy atom. The van der Waals surface area contributed by atoms with Crippen molar-refractivity contribution < 1.29 is 14.3 Å². The highest BCUT2D eigenvalue weighted by molar-refractivity contribution is 6.30. The van der Waals surface area contributed by atoms with E-state index in [1.807, 2.05) is 60.7 Å². The fourth-order valence-corrected chi connectivity index (χ4v) is 3.22. The van der Waals surface area contributed by atoms with E-state index < -0.39 is 5.97 Å². The first-order valence-electron chi connectivity index (χ1n) is 9.93. The van der Waals surface area contributed by atoms with Gasteiger partial charge in [-0.2, -0.15) is 5.10 Å². The summed E-state index contributed by atoms with van der Waals surface area (Å²) in [6, 6.07) is 28.0. The van der Waals surface area contributed by atoms with Crippen LogP contribution < -0.4 is 9.47 Å². The molecular weight excluding hydrogens is 412 g/mol. The molecule has 5 nitrogen and oxygen atoms in total. The average Bonchev–Trinajstić information content (AvgIpc) is 3.16. The Labute approximate surface area is 185 Å². The molecule has 1 aromatic heterocycles. The topological polar surface area (TPSA) is 53.3 Å². The molecule has 0 bridgehead atoms. The lowest BCUT2D eigenvalue weighted by Gasteiger charge is -2.09. The summed E-state index contributed by atoms with van der Waals surface area (Å²) >= 11 is 5.91. The maximum absolute atomic E-state index is 12.6. The molecule has 6 heteroatoms. The van der Waals surface area contributed by atoms with Gasteiger partial charge in [-0.15, -0.1) is 0 Å². The lowest BCUT2D eigenvalue weighted by atomic mass is 10.1. The van der Waals surface area contributed by atoms with Gasteiger partial charge in [0.2, 0.25) is 5.88 Å². The van der Waals surface area contributed by atoms with Crippen molar-refractivity contribution in [3.05, 3.63) is 113 Å². The molecule has 0 atom stereocenters. The van der Waals surface area contributed by atoms with Crippen LogP contribution in [0.5, 0.6) is 11.6 Å². The van der Waals surface area contributed by atoms with Crippen LogP contribution in [0.1, 0.15) is 21.6 Å². The molecule has 0 amide bonds. The van der Waals surface area contributed by atoms with Gasteiger partial charge in [-0.1, -0.05) is 60.1 Å². The molecule has 0 unspecified atom stereocenters. The number of benzene rings is 3. The van der Waals surface area contributed by atoms with E-state index in [-0.39, 0.29) is 0 Å². The van der Waals surface area contributed by atoms with Crippen molar-refractivity contribution in [2.24, 2.45) is 0 Å². The number of aromatic nitrogens is 2. The molecule has 0 aliphatic rings. The number of ether oxygens (including phenoxy) is 2. The molecule has 0 spiro atoms. The molecule has 0 saturated heterocycles.